The maximum Gasteiger partial charge on any atom is 0.163 e. The highest BCUT2D eigenvalue weighted by Gasteiger charge is 2.12. The van der Waals surface area contributed by atoms with Gasteiger partial charge in [0.15, 0.2) is 11.6 Å². The fourth-order valence-electron chi connectivity index (χ4n) is 1.51. The lowest BCUT2D eigenvalue weighted by Gasteiger charge is -2.14. The van der Waals surface area contributed by atoms with Crippen LogP contribution < -0.4 is 5.32 Å². The molecule has 0 aliphatic carbocycles. The van der Waals surface area contributed by atoms with Crippen LogP contribution in [0.3, 0.4) is 0 Å². The summed E-state index contributed by atoms with van der Waals surface area (Å²) in [7, 11) is 0. The quantitative estimate of drug-likeness (QED) is 0.596. The SMILES string of the molecule is C/C=C/CCNC(C)c1cccc(F)c1F. The summed E-state index contributed by atoms with van der Waals surface area (Å²) >= 11 is 0. The van der Waals surface area contributed by atoms with Crippen LogP contribution in [-0.2, 0) is 0 Å². The lowest BCUT2D eigenvalue weighted by molar-refractivity contribution is 0.474. The lowest BCUT2D eigenvalue weighted by atomic mass is 10.1. The van der Waals surface area contributed by atoms with E-state index in [1.54, 1.807) is 6.07 Å². The van der Waals surface area contributed by atoms with E-state index in [1.165, 1.54) is 6.07 Å². The van der Waals surface area contributed by atoms with Crippen LogP contribution in [0.25, 0.3) is 0 Å². The maximum atomic E-state index is 13.4. The highest BCUT2D eigenvalue weighted by Crippen LogP contribution is 2.18. The molecule has 1 atom stereocenters. The maximum absolute atomic E-state index is 13.4. The minimum atomic E-state index is -0.792. The predicted molar refractivity (Wildman–Crippen MR) is 62.2 cm³/mol. The van der Waals surface area contributed by atoms with Crippen LogP contribution in [0.4, 0.5) is 8.78 Å². The van der Waals surface area contributed by atoms with E-state index >= 15 is 0 Å². The molecule has 0 fully saturated rings. The van der Waals surface area contributed by atoms with Crippen LogP contribution in [-0.4, -0.2) is 6.54 Å². The Labute approximate surface area is 95.2 Å². The zero-order valence-electron chi connectivity index (χ0n) is 9.63. The molecule has 0 radical (unpaired) electrons. The summed E-state index contributed by atoms with van der Waals surface area (Å²) in [6.07, 6.45) is 4.88. The van der Waals surface area contributed by atoms with Gasteiger partial charge in [-0.15, -0.1) is 0 Å². The van der Waals surface area contributed by atoms with Crippen molar-refractivity contribution in [1.29, 1.82) is 0 Å². The third kappa shape index (κ3) is 3.42. The molecule has 16 heavy (non-hydrogen) atoms. The summed E-state index contributed by atoms with van der Waals surface area (Å²) in [5, 5.41) is 3.14. The van der Waals surface area contributed by atoms with E-state index in [9.17, 15) is 8.78 Å². The minimum absolute atomic E-state index is 0.180. The molecule has 1 rings (SSSR count). The molecular formula is C13H17F2N. The van der Waals surface area contributed by atoms with Crippen LogP contribution in [0.5, 0.6) is 0 Å². The summed E-state index contributed by atoms with van der Waals surface area (Å²) in [5.41, 5.74) is 0.375. The van der Waals surface area contributed by atoms with E-state index in [-0.39, 0.29) is 6.04 Å². The van der Waals surface area contributed by atoms with Crippen LogP contribution >= 0.6 is 0 Å². The van der Waals surface area contributed by atoms with E-state index in [0.29, 0.717) is 5.56 Å². The molecule has 1 N–H and O–H groups in total. The van der Waals surface area contributed by atoms with Gasteiger partial charge in [0.1, 0.15) is 0 Å². The predicted octanol–water partition coefficient (Wildman–Crippen LogP) is 3.58. The van der Waals surface area contributed by atoms with Gasteiger partial charge in [-0.1, -0.05) is 24.3 Å². The number of halogens is 2. The Morgan fingerprint density at radius 3 is 2.81 bits per heavy atom. The van der Waals surface area contributed by atoms with Gasteiger partial charge in [0, 0.05) is 11.6 Å². The van der Waals surface area contributed by atoms with Crippen molar-refractivity contribution >= 4 is 0 Å². The Hall–Kier alpha value is -1.22. The smallest absolute Gasteiger partial charge is 0.163 e. The van der Waals surface area contributed by atoms with Crippen LogP contribution in [0.1, 0.15) is 31.9 Å². The lowest BCUT2D eigenvalue weighted by Crippen LogP contribution is -2.20. The van der Waals surface area contributed by atoms with Crippen molar-refractivity contribution in [3.8, 4) is 0 Å². The fraction of sp³-hybridized carbons (Fsp3) is 0.385. The van der Waals surface area contributed by atoms with Gasteiger partial charge >= 0.3 is 0 Å². The molecule has 1 aromatic carbocycles. The number of nitrogens with one attached hydrogen (secondary N) is 1. The van der Waals surface area contributed by atoms with Crippen molar-refractivity contribution in [2.75, 3.05) is 6.54 Å². The van der Waals surface area contributed by atoms with E-state index in [2.05, 4.69) is 5.32 Å². The molecule has 0 aliphatic rings. The van der Waals surface area contributed by atoms with Crippen molar-refractivity contribution in [2.45, 2.75) is 26.3 Å². The van der Waals surface area contributed by atoms with Gasteiger partial charge in [0.2, 0.25) is 0 Å². The third-order valence-electron chi connectivity index (χ3n) is 2.45. The molecular weight excluding hydrogens is 208 g/mol. The van der Waals surface area contributed by atoms with Crippen molar-refractivity contribution in [2.24, 2.45) is 0 Å². The van der Waals surface area contributed by atoms with Crippen LogP contribution in [0.15, 0.2) is 30.4 Å². The minimum Gasteiger partial charge on any atom is -0.310 e. The Kier molecular flexibility index (Phi) is 5.12. The normalized spacial score (nSPS) is 13.2. The Bertz CT molecular complexity index is 361. The van der Waals surface area contributed by atoms with Gasteiger partial charge in [0.25, 0.3) is 0 Å². The number of rotatable bonds is 5. The number of allylic oxidation sites excluding steroid dienone is 1. The first-order valence-corrected chi connectivity index (χ1v) is 5.45. The van der Waals surface area contributed by atoms with Crippen molar-refractivity contribution < 1.29 is 8.78 Å². The summed E-state index contributed by atoms with van der Waals surface area (Å²) < 4.78 is 26.4. The van der Waals surface area contributed by atoms with Gasteiger partial charge in [-0.2, -0.15) is 0 Å². The average Bonchev–Trinajstić information content (AvgIpc) is 2.28. The van der Waals surface area contributed by atoms with E-state index in [1.807, 2.05) is 26.0 Å². The Morgan fingerprint density at radius 1 is 1.38 bits per heavy atom. The third-order valence-corrected chi connectivity index (χ3v) is 2.45. The van der Waals surface area contributed by atoms with Crippen molar-refractivity contribution in [3.63, 3.8) is 0 Å². The number of hydrogen-bond acceptors (Lipinski definition) is 1. The van der Waals surface area contributed by atoms with E-state index < -0.39 is 11.6 Å². The standard InChI is InChI=1S/C13H17F2N/c1-3-4-5-9-16-10(2)11-7-6-8-12(14)13(11)15/h3-4,6-8,10,16H,5,9H2,1-2H3/b4-3+. The molecule has 0 saturated heterocycles. The molecule has 0 saturated carbocycles. The summed E-state index contributed by atoms with van der Waals surface area (Å²) in [5.74, 6) is -1.55. The second kappa shape index (κ2) is 6.38. The molecule has 88 valence electrons. The summed E-state index contributed by atoms with van der Waals surface area (Å²) in [6.45, 7) is 4.53. The summed E-state index contributed by atoms with van der Waals surface area (Å²) in [4.78, 5) is 0. The molecule has 0 spiro atoms. The molecule has 0 aromatic heterocycles. The summed E-state index contributed by atoms with van der Waals surface area (Å²) in [6, 6.07) is 4.08. The van der Waals surface area contributed by atoms with Crippen LogP contribution in [0.2, 0.25) is 0 Å². The number of hydrogen-bond donors (Lipinski definition) is 1. The van der Waals surface area contributed by atoms with Gasteiger partial charge in [-0.25, -0.2) is 8.78 Å². The van der Waals surface area contributed by atoms with E-state index in [4.69, 9.17) is 0 Å². The Morgan fingerprint density at radius 2 is 2.12 bits per heavy atom. The van der Waals surface area contributed by atoms with Crippen molar-refractivity contribution in [3.05, 3.63) is 47.5 Å². The monoisotopic (exact) mass is 225 g/mol. The van der Waals surface area contributed by atoms with E-state index in [0.717, 1.165) is 19.0 Å². The molecule has 0 heterocycles. The molecule has 3 heteroatoms. The molecule has 0 aliphatic heterocycles. The second-order valence-electron chi connectivity index (χ2n) is 3.68. The van der Waals surface area contributed by atoms with Crippen LogP contribution in [0, 0.1) is 11.6 Å². The fourth-order valence-corrected chi connectivity index (χ4v) is 1.51. The van der Waals surface area contributed by atoms with Crippen molar-refractivity contribution in [1.82, 2.24) is 5.32 Å². The highest BCUT2D eigenvalue weighted by atomic mass is 19.2. The first kappa shape index (κ1) is 12.8. The first-order chi connectivity index (χ1) is 7.66. The molecule has 1 aromatic rings. The first-order valence-electron chi connectivity index (χ1n) is 5.45. The number of benzene rings is 1. The zero-order chi connectivity index (χ0) is 12.0. The van der Waals surface area contributed by atoms with Gasteiger partial charge in [-0.05, 0) is 32.9 Å². The van der Waals surface area contributed by atoms with Gasteiger partial charge in [-0.3, -0.25) is 0 Å². The van der Waals surface area contributed by atoms with Gasteiger partial charge < -0.3 is 5.32 Å². The molecule has 1 unspecified atom stereocenters. The molecule has 1 nitrogen and oxygen atoms in total. The second-order valence-corrected chi connectivity index (χ2v) is 3.68. The highest BCUT2D eigenvalue weighted by molar-refractivity contribution is 5.21. The van der Waals surface area contributed by atoms with Gasteiger partial charge in [0.05, 0.1) is 0 Å². The molecule has 0 amide bonds. The topological polar surface area (TPSA) is 12.0 Å². The average molecular weight is 225 g/mol. The Balaban J connectivity index is 2.59. The molecule has 0 bridgehead atoms. The zero-order valence-corrected chi connectivity index (χ0v) is 9.63. The largest absolute Gasteiger partial charge is 0.310 e.